The number of nitrogens with one attached hydrogen (secondary N) is 2. The smallest absolute Gasteiger partial charge is 0.253 e. The number of amides is 1. The molecule has 5 rings (SSSR count). The minimum Gasteiger partial charge on any atom is -0.367 e. The average Bonchev–Trinajstić information content (AvgIpc) is 3.47. The highest BCUT2D eigenvalue weighted by Gasteiger charge is 2.25. The number of halogens is 3. The molecule has 1 saturated carbocycles. The first-order valence-corrected chi connectivity index (χ1v) is 11.2. The molecule has 0 radical (unpaired) electrons. The van der Waals surface area contributed by atoms with E-state index in [2.05, 4.69) is 34.4 Å². The number of carbonyl (C=O) groups is 1. The van der Waals surface area contributed by atoms with Gasteiger partial charge in [0.2, 0.25) is 0 Å². The van der Waals surface area contributed by atoms with Crippen molar-refractivity contribution >= 4 is 40.0 Å². The number of hydrogen-bond acceptors (Lipinski definition) is 4. The van der Waals surface area contributed by atoms with Gasteiger partial charge in [-0.1, -0.05) is 31.5 Å². The molecule has 6 nitrogen and oxygen atoms in total. The lowest BCUT2D eigenvalue weighted by molar-refractivity contribution is 0.0951. The molecule has 0 atom stereocenters. The normalized spacial score (nSPS) is 13.8. The summed E-state index contributed by atoms with van der Waals surface area (Å²) in [6, 6.07) is 7.52. The molecule has 1 fully saturated rings. The van der Waals surface area contributed by atoms with Gasteiger partial charge in [-0.15, -0.1) is 0 Å². The van der Waals surface area contributed by atoms with Crippen molar-refractivity contribution in [3.05, 3.63) is 58.7 Å². The van der Waals surface area contributed by atoms with Crippen LogP contribution in [0.25, 0.3) is 27.9 Å². The molecular formula is C24H22ClF2N5O. The number of anilines is 1. The van der Waals surface area contributed by atoms with Gasteiger partial charge >= 0.3 is 0 Å². The minimum atomic E-state index is -0.974. The number of benzene rings is 2. The Morgan fingerprint density at radius 2 is 1.97 bits per heavy atom. The summed E-state index contributed by atoms with van der Waals surface area (Å²) in [5, 5.41) is 6.47. The van der Waals surface area contributed by atoms with Crippen molar-refractivity contribution in [3.63, 3.8) is 0 Å². The summed E-state index contributed by atoms with van der Waals surface area (Å²) in [5.74, 6) is -1.34. The largest absolute Gasteiger partial charge is 0.367 e. The highest BCUT2D eigenvalue weighted by molar-refractivity contribution is 6.34. The molecule has 2 heterocycles. The maximum Gasteiger partial charge on any atom is 0.253 e. The van der Waals surface area contributed by atoms with Gasteiger partial charge in [-0.25, -0.2) is 18.7 Å². The number of imidazole rings is 1. The Balaban J connectivity index is 1.66. The molecule has 0 aliphatic heterocycles. The third-order valence-electron chi connectivity index (χ3n) is 5.56. The number of hydrogen-bond donors (Lipinski definition) is 2. The van der Waals surface area contributed by atoms with E-state index in [4.69, 9.17) is 11.6 Å². The zero-order valence-corrected chi connectivity index (χ0v) is 18.9. The van der Waals surface area contributed by atoms with E-state index >= 15 is 0 Å². The molecule has 2 N–H and O–H groups in total. The highest BCUT2D eigenvalue weighted by atomic mass is 35.5. The highest BCUT2D eigenvalue weighted by Crippen LogP contribution is 2.32. The van der Waals surface area contributed by atoms with Crippen LogP contribution in [-0.2, 0) is 0 Å². The number of aromatic nitrogens is 3. The molecule has 0 bridgehead atoms. The van der Waals surface area contributed by atoms with Gasteiger partial charge in [-0.05, 0) is 30.9 Å². The molecule has 0 spiro atoms. The predicted octanol–water partition coefficient (Wildman–Crippen LogP) is 5.44. The standard InChI is InChI=1S/C24H22ClF2N5O/c1-12(2)10-28-22-23-29-11-21(32(23)20-9-18(27)17(26)8-19(20)31-22)13-3-6-15(16(25)7-13)24(33)30-14-4-5-14/h3,6-9,11-12,14H,4-5,10H2,1-2H3,(H,28,31)(H,30,33). The molecule has 170 valence electrons. The number of fused-ring (bicyclic) bond motifs is 3. The van der Waals surface area contributed by atoms with Crippen LogP contribution < -0.4 is 10.6 Å². The third kappa shape index (κ3) is 4.11. The lowest BCUT2D eigenvalue weighted by Crippen LogP contribution is -2.25. The van der Waals surface area contributed by atoms with Crippen LogP contribution in [-0.4, -0.2) is 32.9 Å². The van der Waals surface area contributed by atoms with E-state index < -0.39 is 11.6 Å². The summed E-state index contributed by atoms with van der Waals surface area (Å²) >= 11 is 6.45. The van der Waals surface area contributed by atoms with E-state index in [0.29, 0.717) is 56.8 Å². The summed E-state index contributed by atoms with van der Waals surface area (Å²) < 4.78 is 29.9. The molecule has 1 amide bonds. The Bertz CT molecular complexity index is 1400. The second-order valence-corrected chi connectivity index (χ2v) is 9.14. The summed E-state index contributed by atoms with van der Waals surface area (Å²) in [6.45, 7) is 4.75. The second-order valence-electron chi connectivity index (χ2n) is 8.74. The van der Waals surface area contributed by atoms with Gasteiger partial charge in [-0.3, -0.25) is 9.20 Å². The van der Waals surface area contributed by atoms with Crippen LogP contribution in [0, 0.1) is 17.6 Å². The molecule has 2 aromatic heterocycles. The topological polar surface area (TPSA) is 71.3 Å². The van der Waals surface area contributed by atoms with Crippen LogP contribution in [0.1, 0.15) is 37.0 Å². The fourth-order valence-electron chi connectivity index (χ4n) is 3.70. The fourth-order valence-corrected chi connectivity index (χ4v) is 3.97. The van der Waals surface area contributed by atoms with E-state index in [1.54, 1.807) is 28.8 Å². The predicted molar refractivity (Wildman–Crippen MR) is 125 cm³/mol. The van der Waals surface area contributed by atoms with Crippen LogP contribution in [0.15, 0.2) is 36.5 Å². The molecule has 1 aliphatic carbocycles. The summed E-state index contributed by atoms with van der Waals surface area (Å²) in [5.41, 5.74) is 2.84. The average molecular weight is 470 g/mol. The minimum absolute atomic E-state index is 0.209. The van der Waals surface area contributed by atoms with Gasteiger partial charge in [0.05, 0.1) is 33.5 Å². The Labute approximate surface area is 194 Å². The monoisotopic (exact) mass is 469 g/mol. The molecule has 2 aromatic carbocycles. The first-order valence-electron chi connectivity index (χ1n) is 10.8. The number of rotatable bonds is 6. The lowest BCUT2D eigenvalue weighted by atomic mass is 10.1. The fraction of sp³-hybridized carbons (Fsp3) is 0.292. The molecule has 4 aromatic rings. The third-order valence-corrected chi connectivity index (χ3v) is 5.88. The van der Waals surface area contributed by atoms with E-state index in [-0.39, 0.29) is 11.9 Å². The molecule has 33 heavy (non-hydrogen) atoms. The van der Waals surface area contributed by atoms with Crippen LogP contribution in [0.3, 0.4) is 0 Å². The number of carbonyl (C=O) groups excluding carboxylic acids is 1. The first kappa shape index (κ1) is 21.6. The van der Waals surface area contributed by atoms with Gasteiger partial charge in [0.1, 0.15) is 0 Å². The van der Waals surface area contributed by atoms with Gasteiger partial charge in [0.15, 0.2) is 23.1 Å². The Morgan fingerprint density at radius 1 is 1.21 bits per heavy atom. The number of nitrogens with zero attached hydrogens (tertiary/aromatic N) is 3. The quantitative estimate of drug-likeness (QED) is 0.394. The van der Waals surface area contributed by atoms with E-state index in [1.165, 1.54) is 0 Å². The summed E-state index contributed by atoms with van der Waals surface area (Å²) in [6.07, 6.45) is 3.59. The van der Waals surface area contributed by atoms with Crippen molar-refractivity contribution in [2.75, 3.05) is 11.9 Å². The Morgan fingerprint density at radius 3 is 2.67 bits per heavy atom. The van der Waals surface area contributed by atoms with E-state index in [0.717, 1.165) is 25.0 Å². The maximum atomic E-state index is 14.2. The maximum absolute atomic E-state index is 14.2. The van der Waals surface area contributed by atoms with Gasteiger partial charge in [0.25, 0.3) is 5.91 Å². The molecule has 0 saturated heterocycles. The molecule has 0 unspecified atom stereocenters. The zero-order chi connectivity index (χ0) is 23.3. The Kier molecular flexibility index (Phi) is 5.40. The molecule has 1 aliphatic rings. The van der Waals surface area contributed by atoms with Crippen molar-refractivity contribution in [1.82, 2.24) is 19.7 Å². The van der Waals surface area contributed by atoms with E-state index in [1.807, 2.05) is 0 Å². The second kappa shape index (κ2) is 8.26. The van der Waals surface area contributed by atoms with Crippen molar-refractivity contribution < 1.29 is 13.6 Å². The molecule has 9 heteroatoms. The van der Waals surface area contributed by atoms with Crippen LogP contribution in [0.2, 0.25) is 5.02 Å². The Hall–Kier alpha value is -3.26. The van der Waals surface area contributed by atoms with Crippen LogP contribution in [0.4, 0.5) is 14.6 Å². The van der Waals surface area contributed by atoms with Crippen LogP contribution in [0.5, 0.6) is 0 Å². The lowest BCUT2D eigenvalue weighted by Gasteiger charge is -2.13. The zero-order valence-electron chi connectivity index (χ0n) is 18.1. The van der Waals surface area contributed by atoms with Crippen LogP contribution >= 0.6 is 11.6 Å². The van der Waals surface area contributed by atoms with Gasteiger partial charge < -0.3 is 10.6 Å². The summed E-state index contributed by atoms with van der Waals surface area (Å²) in [4.78, 5) is 21.4. The van der Waals surface area contributed by atoms with Crippen molar-refractivity contribution in [2.24, 2.45) is 5.92 Å². The summed E-state index contributed by atoms with van der Waals surface area (Å²) in [7, 11) is 0. The molecular weight excluding hydrogens is 448 g/mol. The van der Waals surface area contributed by atoms with Gasteiger partial charge in [0, 0.05) is 30.3 Å². The van der Waals surface area contributed by atoms with Crippen molar-refractivity contribution in [2.45, 2.75) is 32.7 Å². The van der Waals surface area contributed by atoms with Gasteiger partial charge in [-0.2, -0.15) is 0 Å². The van der Waals surface area contributed by atoms with Crippen molar-refractivity contribution in [1.29, 1.82) is 0 Å². The van der Waals surface area contributed by atoms with Crippen molar-refractivity contribution in [3.8, 4) is 11.3 Å². The first-order chi connectivity index (χ1) is 15.8. The SMILES string of the molecule is CC(C)CNc1nc2cc(F)c(F)cc2n2c(-c3ccc(C(=O)NC4CC4)c(Cl)c3)cnc12. The van der Waals surface area contributed by atoms with E-state index in [9.17, 15) is 13.6 Å².